The molecule has 0 fully saturated rings. The number of primary amides is 2. The van der Waals surface area contributed by atoms with Gasteiger partial charge in [0.15, 0.2) is 6.04 Å². The zero-order chi connectivity index (χ0) is 27.6. The number of aliphatic carboxylic acids is 1. The van der Waals surface area contributed by atoms with E-state index in [0.717, 1.165) is 6.92 Å². The highest BCUT2D eigenvalue weighted by Crippen LogP contribution is 2.12. The van der Waals surface area contributed by atoms with Crippen molar-refractivity contribution in [1.82, 2.24) is 16.0 Å². The molecule has 0 saturated carbocycles. The Labute approximate surface area is 205 Å². The van der Waals surface area contributed by atoms with Crippen molar-refractivity contribution in [2.24, 2.45) is 17.2 Å². The summed E-state index contributed by atoms with van der Waals surface area (Å²) in [4.78, 5) is 71.9. The SMILES string of the molecule is CC(O)C(NC(=O)C(CC(N)=O)NC(=O)C(Cc1ccc(O)cc1)NC(=O)C(N)CC(N)=O)C(=O)O. The molecule has 0 heterocycles. The molecule has 0 saturated heterocycles. The molecule has 12 N–H and O–H groups in total. The minimum Gasteiger partial charge on any atom is -0.508 e. The quantitative estimate of drug-likeness (QED) is 0.117. The number of benzene rings is 1. The maximum atomic E-state index is 13.0. The number of aliphatic hydroxyl groups excluding tert-OH is 1. The second-order valence-corrected chi connectivity index (χ2v) is 8.01. The van der Waals surface area contributed by atoms with Gasteiger partial charge in [-0.1, -0.05) is 12.1 Å². The van der Waals surface area contributed by atoms with E-state index in [1.54, 1.807) is 0 Å². The molecule has 0 aliphatic rings. The molecule has 1 aromatic carbocycles. The van der Waals surface area contributed by atoms with Gasteiger partial charge in [-0.3, -0.25) is 24.0 Å². The van der Waals surface area contributed by atoms with E-state index in [1.165, 1.54) is 24.3 Å². The summed E-state index contributed by atoms with van der Waals surface area (Å²) >= 11 is 0. The second-order valence-electron chi connectivity index (χ2n) is 8.01. The van der Waals surface area contributed by atoms with Crippen LogP contribution in [0.4, 0.5) is 0 Å². The van der Waals surface area contributed by atoms with Crippen LogP contribution in [0.5, 0.6) is 5.75 Å². The third-order valence-electron chi connectivity index (χ3n) is 4.85. The Kier molecular flexibility index (Phi) is 11.3. The molecule has 0 aliphatic carbocycles. The van der Waals surface area contributed by atoms with Crippen LogP contribution in [0.1, 0.15) is 25.3 Å². The fourth-order valence-electron chi connectivity index (χ4n) is 2.99. The molecule has 15 nitrogen and oxygen atoms in total. The van der Waals surface area contributed by atoms with Gasteiger partial charge in [0.2, 0.25) is 29.5 Å². The molecule has 1 rings (SSSR count). The van der Waals surface area contributed by atoms with Gasteiger partial charge in [0.25, 0.3) is 0 Å². The Balaban J connectivity index is 3.16. The molecule has 36 heavy (non-hydrogen) atoms. The summed E-state index contributed by atoms with van der Waals surface area (Å²) < 4.78 is 0. The largest absolute Gasteiger partial charge is 0.508 e. The molecule has 5 atom stereocenters. The molecule has 1 aromatic rings. The lowest BCUT2D eigenvalue weighted by atomic mass is 10.0. The average molecular weight is 511 g/mol. The molecule has 5 unspecified atom stereocenters. The number of carboxylic acids is 1. The number of hydrogen-bond donors (Lipinski definition) is 9. The van der Waals surface area contributed by atoms with Crippen molar-refractivity contribution in [3.05, 3.63) is 29.8 Å². The van der Waals surface area contributed by atoms with E-state index >= 15 is 0 Å². The summed E-state index contributed by atoms with van der Waals surface area (Å²) in [6.45, 7) is 1.11. The van der Waals surface area contributed by atoms with E-state index < -0.39 is 78.6 Å². The number of carbonyl (C=O) groups is 6. The monoisotopic (exact) mass is 510 g/mol. The highest BCUT2D eigenvalue weighted by Gasteiger charge is 2.33. The average Bonchev–Trinajstić information content (AvgIpc) is 2.76. The minimum atomic E-state index is -1.75. The number of carboxylic acid groups (broad SMARTS) is 1. The summed E-state index contributed by atoms with van der Waals surface area (Å²) in [5.41, 5.74) is 16.3. The van der Waals surface area contributed by atoms with Crippen LogP contribution in [0.25, 0.3) is 0 Å². The number of hydrogen-bond acceptors (Lipinski definition) is 9. The van der Waals surface area contributed by atoms with Gasteiger partial charge >= 0.3 is 5.97 Å². The van der Waals surface area contributed by atoms with Crippen LogP contribution in [0, 0.1) is 0 Å². The molecular formula is C21H30N6O9. The highest BCUT2D eigenvalue weighted by molar-refractivity contribution is 5.96. The van der Waals surface area contributed by atoms with Crippen molar-refractivity contribution >= 4 is 35.5 Å². The lowest BCUT2D eigenvalue weighted by molar-refractivity contribution is -0.145. The van der Waals surface area contributed by atoms with Crippen LogP contribution in [0.2, 0.25) is 0 Å². The van der Waals surface area contributed by atoms with E-state index in [0.29, 0.717) is 5.56 Å². The van der Waals surface area contributed by atoms with Crippen LogP contribution >= 0.6 is 0 Å². The lowest BCUT2D eigenvalue weighted by Crippen LogP contribution is -2.59. The van der Waals surface area contributed by atoms with Crippen LogP contribution < -0.4 is 33.2 Å². The normalized spacial score (nSPS) is 14.9. The molecule has 15 heteroatoms. The predicted molar refractivity (Wildman–Crippen MR) is 123 cm³/mol. The van der Waals surface area contributed by atoms with Gasteiger partial charge in [0.1, 0.15) is 17.8 Å². The number of phenols is 1. The molecule has 5 amide bonds. The van der Waals surface area contributed by atoms with E-state index in [1.807, 2.05) is 5.32 Å². The summed E-state index contributed by atoms with van der Waals surface area (Å²) in [7, 11) is 0. The molecule has 0 aliphatic heterocycles. The van der Waals surface area contributed by atoms with Crippen molar-refractivity contribution in [2.75, 3.05) is 0 Å². The summed E-state index contributed by atoms with van der Waals surface area (Å²) in [6, 6.07) is -0.608. The Morgan fingerprint density at radius 2 is 1.33 bits per heavy atom. The number of nitrogens with one attached hydrogen (secondary N) is 3. The van der Waals surface area contributed by atoms with E-state index in [4.69, 9.17) is 22.3 Å². The summed E-state index contributed by atoms with van der Waals surface area (Å²) in [5.74, 6) is -6.52. The van der Waals surface area contributed by atoms with Crippen molar-refractivity contribution < 1.29 is 44.1 Å². The number of amides is 5. The third kappa shape index (κ3) is 9.94. The second kappa shape index (κ2) is 13.6. The first-order valence-electron chi connectivity index (χ1n) is 10.6. The predicted octanol–water partition coefficient (Wildman–Crippen LogP) is -4.07. The van der Waals surface area contributed by atoms with Crippen LogP contribution in [-0.4, -0.2) is 81.1 Å². The Morgan fingerprint density at radius 3 is 1.81 bits per heavy atom. The highest BCUT2D eigenvalue weighted by atomic mass is 16.4. The standard InChI is InChI=1S/C21H30N6O9/c1-9(28)17(21(35)36)27-20(34)14(8-16(24)31)26-19(33)13(6-10-2-4-11(29)5-3-10)25-18(32)12(22)7-15(23)30/h2-5,9,12-14,17,28-29H,6-8,22H2,1H3,(H2,23,30)(H2,24,31)(H,25,32)(H,26,33)(H,27,34)(H,35,36). The first kappa shape index (κ1) is 29.8. The van der Waals surface area contributed by atoms with E-state index in [2.05, 4.69) is 10.6 Å². The molecule has 198 valence electrons. The van der Waals surface area contributed by atoms with Gasteiger partial charge in [0.05, 0.1) is 25.0 Å². The maximum absolute atomic E-state index is 13.0. The Hall–Kier alpha value is -4.24. The van der Waals surface area contributed by atoms with Crippen LogP contribution in [0.3, 0.4) is 0 Å². The summed E-state index contributed by atoms with van der Waals surface area (Å²) in [5, 5.41) is 34.8. The zero-order valence-electron chi connectivity index (χ0n) is 19.3. The van der Waals surface area contributed by atoms with Crippen molar-refractivity contribution in [1.29, 1.82) is 0 Å². The van der Waals surface area contributed by atoms with Gasteiger partial charge < -0.3 is 48.5 Å². The molecule has 0 aromatic heterocycles. The maximum Gasteiger partial charge on any atom is 0.328 e. The van der Waals surface area contributed by atoms with E-state index in [-0.39, 0.29) is 12.2 Å². The number of carbonyl (C=O) groups excluding carboxylic acids is 5. The minimum absolute atomic E-state index is 0.0587. The number of nitrogens with two attached hydrogens (primary N) is 3. The smallest absolute Gasteiger partial charge is 0.328 e. The molecule has 0 spiro atoms. The third-order valence-corrected chi connectivity index (χ3v) is 4.85. The first-order valence-corrected chi connectivity index (χ1v) is 10.6. The molecule has 0 radical (unpaired) electrons. The van der Waals surface area contributed by atoms with Crippen molar-refractivity contribution in [2.45, 2.75) is 56.5 Å². The number of aliphatic hydroxyl groups is 1. The van der Waals surface area contributed by atoms with Gasteiger partial charge in [-0.05, 0) is 24.6 Å². The van der Waals surface area contributed by atoms with Gasteiger partial charge in [-0.2, -0.15) is 0 Å². The van der Waals surface area contributed by atoms with Crippen molar-refractivity contribution in [3.8, 4) is 5.75 Å². The number of rotatable bonds is 14. The fourth-order valence-corrected chi connectivity index (χ4v) is 2.99. The van der Waals surface area contributed by atoms with Gasteiger partial charge in [-0.25, -0.2) is 4.79 Å². The zero-order valence-corrected chi connectivity index (χ0v) is 19.3. The van der Waals surface area contributed by atoms with E-state index in [9.17, 15) is 39.0 Å². The Bertz CT molecular complexity index is 983. The van der Waals surface area contributed by atoms with Gasteiger partial charge in [0, 0.05) is 6.42 Å². The van der Waals surface area contributed by atoms with Crippen LogP contribution in [-0.2, 0) is 35.2 Å². The first-order chi connectivity index (χ1) is 16.7. The fraction of sp³-hybridized carbons (Fsp3) is 0.429. The molecular weight excluding hydrogens is 480 g/mol. The lowest BCUT2D eigenvalue weighted by Gasteiger charge is -2.25. The number of phenolic OH excluding ortho intramolecular Hbond substituents is 1. The Morgan fingerprint density at radius 1 is 0.833 bits per heavy atom. The van der Waals surface area contributed by atoms with Crippen LogP contribution in [0.15, 0.2) is 24.3 Å². The van der Waals surface area contributed by atoms with Crippen molar-refractivity contribution in [3.63, 3.8) is 0 Å². The topological polar surface area (TPSA) is 277 Å². The number of aromatic hydroxyl groups is 1. The summed E-state index contributed by atoms with van der Waals surface area (Å²) in [6.07, 6.45) is -2.92. The molecule has 0 bridgehead atoms. The van der Waals surface area contributed by atoms with Gasteiger partial charge in [-0.15, -0.1) is 0 Å².